The van der Waals surface area contributed by atoms with Crippen molar-refractivity contribution in [2.75, 3.05) is 38.1 Å². The van der Waals surface area contributed by atoms with E-state index in [1.54, 1.807) is 12.3 Å². The SMILES string of the molecule is C=Cc1ccnc(N2CCN(C)CC2)n1. The molecule has 0 bridgehead atoms. The first kappa shape index (κ1) is 10.1. The number of likely N-dealkylation sites (N-methyl/N-ethyl adjacent to an activating group) is 1. The van der Waals surface area contributed by atoms with Gasteiger partial charge in [-0.15, -0.1) is 0 Å². The van der Waals surface area contributed by atoms with Gasteiger partial charge in [0.15, 0.2) is 0 Å². The number of nitrogens with zero attached hydrogens (tertiary/aromatic N) is 4. The van der Waals surface area contributed by atoms with Gasteiger partial charge < -0.3 is 9.80 Å². The Morgan fingerprint density at radius 3 is 2.73 bits per heavy atom. The zero-order valence-electron chi connectivity index (χ0n) is 9.06. The van der Waals surface area contributed by atoms with Crippen LogP contribution in [-0.2, 0) is 0 Å². The van der Waals surface area contributed by atoms with Gasteiger partial charge in [0.25, 0.3) is 0 Å². The van der Waals surface area contributed by atoms with Crippen LogP contribution in [0.4, 0.5) is 5.95 Å². The van der Waals surface area contributed by atoms with E-state index in [-0.39, 0.29) is 0 Å². The lowest BCUT2D eigenvalue weighted by molar-refractivity contribution is 0.311. The number of piperazine rings is 1. The molecule has 0 spiro atoms. The summed E-state index contributed by atoms with van der Waals surface area (Å²) in [4.78, 5) is 13.2. The molecule has 0 aromatic carbocycles. The van der Waals surface area contributed by atoms with Crippen molar-refractivity contribution in [2.24, 2.45) is 0 Å². The molecule has 0 atom stereocenters. The predicted octanol–water partition coefficient (Wildman–Crippen LogP) is 0.871. The Morgan fingerprint density at radius 1 is 1.33 bits per heavy atom. The zero-order valence-corrected chi connectivity index (χ0v) is 9.06. The summed E-state index contributed by atoms with van der Waals surface area (Å²) in [5.74, 6) is 0.820. The van der Waals surface area contributed by atoms with Crippen LogP contribution in [0.25, 0.3) is 6.08 Å². The molecule has 0 aliphatic carbocycles. The van der Waals surface area contributed by atoms with Crippen LogP contribution in [0.2, 0.25) is 0 Å². The average Bonchev–Trinajstić information content (AvgIpc) is 2.30. The molecule has 2 heterocycles. The fourth-order valence-corrected chi connectivity index (χ4v) is 1.63. The van der Waals surface area contributed by atoms with Crippen molar-refractivity contribution < 1.29 is 0 Å². The minimum Gasteiger partial charge on any atom is -0.338 e. The third-order valence-corrected chi connectivity index (χ3v) is 2.66. The molecule has 2 rings (SSSR count). The van der Waals surface area contributed by atoms with Crippen molar-refractivity contribution in [1.29, 1.82) is 0 Å². The number of hydrogen-bond acceptors (Lipinski definition) is 4. The van der Waals surface area contributed by atoms with E-state index in [9.17, 15) is 0 Å². The number of hydrogen-bond donors (Lipinski definition) is 0. The van der Waals surface area contributed by atoms with Gasteiger partial charge >= 0.3 is 0 Å². The molecular formula is C11H16N4. The van der Waals surface area contributed by atoms with E-state index in [0.717, 1.165) is 37.8 Å². The van der Waals surface area contributed by atoms with Crippen molar-refractivity contribution in [3.8, 4) is 0 Å². The summed E-state index contributed by atoms with van der Waals surface area (Å²) >= 11 is 0. The van der Waals surface area contributed by atoms with Gasteiger partial charge in [-0.3, -0.25) is 0 Å². The molecule has 1 aromatic heterocycles. The van der Waals surface area contributed by atoms with Crippen LogP contribution in [0.3, 0.4) is 0 Å². The number of anilines is 1. The molecule has 0 amide bonds. The summed E-state index contributed by atoms with van der Waals surface area (Å²) in [7, 11) is 2.14. The molecule has 1 saturated heterocycles. The monoisotopic (exact) mass is 204 g/mol. The fraction of sp³-hybridized carbons (Fsp3) is 0.455. The number of aromatic nitrogens is 2. The van der Waals surface area contributed by atoms with Crippen molar-refractivity contribution in [1.82, 2.24) is 14.9 Å². The highest BCUT2D eigenvalue weighted by atomic mass is 15.3. The minimum absolute atomic E-state index is 0.820. The molecular weight excluding hydrogens is 188 g/mol. The molecule has 0 N–H and O–H groups in total. The first-order valence-electron chi connectivity index (χ1n) is 5.18. The van der Waals surface area contributed by atoms with Crippen LogP contribution in [0.15, 0.2) is 18.8 Å². The summed E-state index contributed by atoms with van der Waals surface area (Å²) in [6.45, 7) is 7.85. The normalized spacial score (nSPS) is 17.8. The van der Waals surface area contributed by atoms with Crippen molar-refractivity contribution in [3.63, 3.8) is 0 Å². The van der Waals surface area contributed by atoms with Gasteiger partial charge in [-0.05, 0) is 19.2 Å². The Bertz CT molecular complexity index is 342. The second-order valence-electron chi connectivity index (χ2n) is 3.78. The summed E-state index contributed by atoms with van der Waals surface area (Å²) in [6.07, 6.45) is 3.54. The van der Waals surface area contributed by atoms with Crippen LogP contribution >= 0.6 is 0 Å². The lowest BCUT2D eigenvalue weighted by Gasteiger charge is -2.32. The highest BCUT2D eigenvalue weighted by molar-refractivity contribution is 5.44. The van der Waals surface area contributed by atoms with E-state index in [4.69, 9.17) is 0 Å². The highest BCUT2D eigenvalue weighted by Crippen LogP contribution is 2.10. The van der Waals surface area contributed by atoms with Crippen LogP contribution < -0.4 is 4.90 Å². The van der Waals surface area contributed by atoms with E-state index < -0.39 is 0 Å². The van der Waals surface area contributed by atoms with E-state index >= 15 is 0 Å². The molecule has 15 heavy (non-hydrogen) atoms. The first-order chi connectivity index (χ1) is 7.29. The van der Waals surface area contributed by atoms with Gasteiger partial charge in [0.1, 0.15) is 0 Å². The van der Waals surface area contributed by atoms with Gasteiger partial charge in [-0.1, -0.05) is 6.58 Å². The quantitative estimate of drug-likeness (QED) is 0.715. The van der Waals surface area contributed by atoms with Gasteiger partial charge in [0.2, 0.25) is 5.95 Å². The maximum atomic E-state index is 4.42. The van der Waals surface area contributed by atoms with E-state index in [2.05, 4.69) is 33.4 Å². The second-order valence-corrected chi connectivity index (χ2v) is 3.78. The third kappa shape index (κ3) is 2.33. The third-order valence-electron chi connectivity index (χ3n) is 2.66. The van der Waals surface area contributed by atoms with Gasteiger partial charge in [-0.25, -0.2) is 9.97 Å². The lowest BCUT2D eigenvalue weighted by atomic mass is 10.3. The molecule has 0 saturated carbocycles. The Labute approximate surface area is 90.2 Å². The molecule has 1 aliphatic heterocycles. The summed E-state index contributed by atoms with van der Waals surface area (Å²) in [5.41, 5.74) is 0.888. The lowest BCUT2D eigenvalue weighted by Crippen LogP contribution is -2.45. The van der Waals surface area contributed by atoms with E-state index in [0.29, 0.717) is 0 Å². The Kier molecular flexibility index (Phi) is 2.97. The van der Waals surface area contributed by atoms with Crippen LogP contribution in [-0.4, -0.2) is 48.1 Å². The van der Waals surface area contributed by atoms with E-state index in [1.807, 2.05) is 6.07 Å². The van der Waals surface area contributed by atoms with Gasteiger partial charge in [0.05, 0.1) is 5.69 Å². The Hall–Kier alpha value is -1.42. The average molecular weight is 204 g/mol. The van der Waals surface area contributed by atoms with Gasteiger partial charge in [-0.2, -0.15) is 0 Å². The summed E-state index contributed by atoms with van der Waals surface area (Å²) in [6, 6.07) is 1.87. The summed E-state index contributed by atoms with van der Waals surface area (Å²) < 4.78 is 0. The molecule has 80 valence electrons. The molecule has 0 radical (unpaired) electrons. The maximum Gasteiger partial charge on any atom is 0.225 e. The summed E-state index contributed by atoms with van der Waals surface area (Å²) in [5, 5.41) is 0. The van der Waals surface area contributed by atoms with Crippen LogP contribution in [0.5, 0.6) is 0 Å². The molecule has 4 heteroatoms. The smallest absolute Gasteiger partial charge is 0.225 e. The molecule has 4 nitrogen and oxygen atoms in total. The largest absolute Gasteiger partial charge is 0.338 e. The predicted molar refractivity (Wildman–Crippen MR) is 61.8 cm³/mol. The molecule has 1 fully saturated rings. The van der Waals surface area contributed by atoms with Crippen molar-refractivity contribution in [2.45, 2.75) is 0 Å². The fourth-order valence-electron chi connectivity index (χ4n) is 1.63. The topological polar surface area (TPSA) is 32.3 Å². The minimum atomic E-state index is 0.820. The zero-order chi connectivity index (χ0) is 10.7. The highest BCUT2D eigenvalue weighted by Gasteiger charge is 2.15. The van der Waals surface area contributed by atoms with Gasteiger partial charge in [0, 0.05) is 32.4 Å². The molecule has 0 unspecified atom stereocenters. The maximum absolute atomic E-state index is 4.42. The first-order valence-corrected chi connectivity index (χ1v) is 5.18. The molecule has 1 aliphatic rings. The number of rotatable bonds is 2. The van der Waals surface area contributed by atoms with Crippen LogP contribution in [0, 0.1) is 0 Å². The van der Waals surface area contributed by atoms with Crippen LogP contribution in [0.1, 0.15) is 5.69 Å². The second kappa shape index (κ2) is 4.40. The van der Waals surface area contributed by atoms with E-state index in [1.165, 1.54) is 0 Å². The standard InChI is InChI=1S/C11H16N4/c1-3-10-4-5-12-11(13-10)15-8-6-14(2)7-9-15/h3-5H,1,6-9H2,2H3. The Morgan fingerprint density at radius 2 is 2.07 bits per heavy atom. The van der Waals surface area contributed by atoms with Crippen molar-refractivity contribution >= 4 is 12.0 Å². The molecule has 1 aromatic rings. The van der Waals surface area contributed by atoms with Crippen molar-refractivity contribution in [3.05, 3.63) is 24.5 Å². The Balaban J connectivity index is 2.11.